The van der Waals surface area contributed by atoms with Crippen molar-refractivity contribution in [2.75, 3.05) is 11.9 Å². The number of halogens is 1. The number of aryl methyl sites for hydroxylation is 1. The summed E-state index contributed by atoms with van der Waals surface area (Å²) in [5, 5.41) is 32.1. The highest BCUT2D eigenvalue weighted by molar-refractivity contribution is 5.92. The summed E-state index contributed by atoms with van der Waals surface area (Å²) in [5.41, 5.74) is 2.35. The summed E-state index contributed by atoms with van der Waals surface area (Å²) >= 11 is 0. The monoisotopic (exact) mass is 344 g/mol. The van der Waals surface area contributed by atoms with E-state index < -0.39 is 6.10 Å². The average molecular weight is 344 g/mol. The molecule has 1 fully saturated rings. The number of hydrogen-bond acceptors (Lipinski definition) is 5. The molecule has 1 aliphatic rings. The lowest BCUT2D eigenvalue weighted by Gasteiger charge is -2.19. The minimum absolute atomic E-state index is 0.261. The highest BCUT2D eigenvalue weighted by atomic mass is 19.1. The van der Waals surface area contributed by atoms with Crippen LogP contribution in [0, 0.1) is 29.5 Å². The van der Waals surface area contributed by atoms with Crippen molar-refractivity contribution in [1.29, 1.82) is 10.8 Å². The van der Waals surface area contributed by atoms with Crippen molar-refractivity contribution in [2.24, 2.45) is 5.92 Å². The third-order valence-electron chi connectivity index (χ3n) is 3.99. The molecule has 5 N–H and O–H groups in total. The van der Waals surface area contributed by atoms with Crippen molar-refractivity contribution >= 4 is 17.6 Å². The number of benzene rings is 1. The van der Waals surface area contributed by atoms with Crippen LogP contribution in [0.25, 0.3) is 0 Å². The first kappa shape index (κ1) is 18.9. The Morgan fingerprint density at radius 3 is 2.72 bits per heavy atom. The van der Waals surface area contributed by atoms with E-state index in [-0.39, 0.29) is 11.5 Å². The minimum Gasteiger partial charge on any atom is -0.390 e. The molecule has 1 aromatic carbocycles. The van der Waals surface area contributed by atoms with Crippen LogP contribution < -0.4 is 10.6 Å². The minimum atomic E-state index is -1.09. The molecule has 6 heteroatoms. The van der Waals surface area contributed by atoms with Gasteiger partial charge in [-0.2, -0.15) is 0 Å². The van der Waals surface area contributed by atoms with Crippen LogP contribution in [0.4, 0.5) is 10.1 Å². The van der Waals surface area contributed by atoms with E-state index in [0.717, 1.165) is 12.8 Å². The fraction of sp³-hybridized carbons (Fsp3) is 0.368. The van der Waals surface area contributed by atoms with Crippen LogP contribution in [-0.2, 0) is 0 Å². The molecule has 0 radical (unpaired) electrons. The summed E-state index contributed by atoms with van der Waals surface area (Å²) < 4.78 is 13.3. The number of allylic oxidation sites excluding steroid dienone is 1. The summed E-state index contributed by atoms with van der Waals surface area (Å²) in [6.07, 6.45) is 5.58. The predicted molar refractivity (Wildman–Crippen MR) is 99.8 cm³/mol. The second-order valence-electron chi connectivity index (χ2n) is 6.41. The van der Waals surface area contributed by atoms with Crippen molar-refractivity contribution in [2.45, 2.75) is 32.8 Å². The van der Waals surface area contributed by atoms with Crippen LogP contribution in [0.3, 0.4) is 0 Å². The van der Waals surface area contributed by atoms with Gasteiger partial charge in [-0.25, -0.2) is 4.39 Å². The Kier molecular flexibility index (Phi) is 6.47. The number of hydrogen-bond donors (Lipinski definition) is 5. The molecule has 0 saturated heterocycles. The first-order valence-electron chi connectivity index (χ1n) is 8.32. The first-order valence-corrected chi connectivity index (χ1v) is 8.32. The standard InChI is InChI=1S/C19H25FN4O/c1-12-7-16(20)5-6-17(12)24-18(8-13(2)22)19(25)15(9-21)11-23-10-14-3-4-14/h5-9,11,14,19,21-25H,3-4,10H2,1-2H3/b15-11+,18-8-,21-9?,22-13?. The number of aliphatic hydroxyl groups excluding tert-OH is 1. The molecule has 0 amide bonds. The van der Waals surface area contributed by atoms with E-state index >= 15 is 0 Å². The molecule has 1 saturated carbocycles. The molecule has 0 bridgehead atoms. The van der Waals surface area contributed by atoms with Crippen LogP contribution in [-0.4, -0.2) is 29.7 Å². The molecule has 25 heavy (non-hydrogen) atoms. The van der Waals surface area contributed by atoms with Gasteiger partial charge in [0.25, 0.3) is 0 Å². The van der Waals surface area contributed by atoms with E-state index in [0.29, 0.717) is 28.4 Å². The zero-order valence-corrected chi connectivity index (χ0v) is 14.6. The SMILES string of the molecule is CC(=N)/C=C(\Nc1ccc(F)cc1C)C(O)/C(C=N)=C/NCC1CC1. The zero-order chi connectivity index (χ0) is 18.4. The summed E-state index contributed by atoms with van der Waals surface area (Å²) in [6, 6.07) is 4.32. The maximum Gasteiger partial charge on any atom is 0.123 e. The van der Waals surface area contributed by atoms with Gasteiger partial charge in [0, 0.05) is 35.9 Å². The van der Waals surface area contributed by atoms with Crippen LogP contribution in [0.1, 0.15) is 25.3 Å². The lowest BCUT2D eigenvalue weighted by molar-refractivity contribution is 0.254. The number of rotatable bonds is 9. The molecular formula is C19H25FN4O. The maximum atomic E-state index is 13.3. The molecule has 0 aromatic heterocycles. The molecule has 5 nitrogen and oxygen atoms in total. The second kappa shape index (κ2) is 8.58. The van der Waals surface area contributed by atoms with Gasteiger partial charge in [-0.15, -0.1) is 0 Å². The van der Waals surface area contributed by atoms with E-state index in [4.69, 9.17) is 10.8 Å². The molecule has 1 unspecified atom stereocenters. The highest BCUT2D eigenvalue weighted by Gasteiger charge is 2.21. The van der Waals surface area contributed by atoms with Crippen LogP contribution in [0.5, 0.6) is 0 Å². The van der Waals surface area contributed by atoms with E-state index in [9.17, 15) is 9.50 Å². The Morgan fingerprint density at radius 1 is 1.44 bits per heavy atom. The van der Waals surface area contributed by atoms with Gasteiger partial charge in [0.15, 0.2) is 0 Å². The van der Waals surface area contributed by atoms with Gasteiger partial charge in [-0.3, -0.25) is 0 Å². The van der Waals surface area contributed by atoms with Gasteiger partial charge in [-0.05, 0) is 62.4 Å². The molecular weight excluding hydrogens is 319 g/mol. The van der Waals surface area contributed by atoms with E-state index in [2.05, 4.69) is 10.6 Å². The Balaban J connectivity index is 2.19. The lowest BCUT2D eigenvalue weighted by Crippen LogP contribution is -2.23. The fourth-order valence-corrected chi connectivity index (χ4v) is 2.38. The quantitative estimate of drug-likeness (QED) is 0.445. The third kappa shape index (κ3) is 5.83. The third-order valence-corrected chi connectivity index (χ3v) is 3.99. The van der Waals surface area contributed by atoms with Crippen LogP contribution in [0.2, 0.25) is 0 Å². The second-order valence-corrected chi connectivity index (χ2v) is 6.41. The molecule has 1 aromatic rings. The molecule has 0 spiro atoms. The Morgan fingerprint density at radius 2 is 2.16 bits per heavy atom. The fourth-order valence-electron chi connectivity index (χ4n) is 2.38. The van der Waals surface area contributed by atoms with Crippen molar-refractivity contribution in [3.8, 4) is 0 Å². The molecule has 1 atom stereocenters. The smallest absolute Gasteiger partial charge is 0.123 e. The zero-order valence-electron chi connectivity index (χ0n) is 14.6. The average Bonchev–Trinajstić information content (AvgIpc) is 3.36. The topological polar surface area (TPSA) is 92.0 Å². The number of nitrogens with one attached hydrogen (secondary N) is 4. The van der Waals surface area contributed by atoms with Gasteiger partial charge >= 0.3 is 0 Å². The van der Waals surface area contributed by atoms with Crippen LogP contribution >= 0.6 is 0 Å². The predicted octanol–water partition coefficient (Wildman–Crippen LogP) is 3.36. The van der Waals surface area contributed by atoms with Gasteiger partial charge < -0.3 is 26.6 Å². The van der Waals surface area contributed by atoms with Crippen molar-refractivity contribution in [3.63, 3.8) is 0 Å². The number of anilines is 1. The van der Waals surface area contributed by atoms with Gasteiger partial charge in [0.2, 0.25) is 0 Å². The Hall–Kier alpha value is -2.47. The Labute approximate surface area is 147 Å². The summed E-state index contributed by atoms with van der Waals surface area (Å²) in [6.45, 7) is 4.19. The normalized spacial score (nSPS) is 16.3. The van der Waals surface area contributed by atoms with Gasteiger partial charge in [0.05, 0.1) is 5.70 Å². The lowest BCUT2D eigenvalue weighted by atomic mass is 10.1. The summed E-state index contributed by atoms with van der Waals surface area (Å²) in [5.74, 6) is 0.348. The highest BCUT2D eigenvalue weighted by Crippen LogP contribution is 2.27. The van der Waals surface area contributed by atoms with E-state index in [1.165, 1.54) is 31.1 Å². The molecule has 0 aliphatic heterocycles. The van der Waals surface area contributed by atoms with Crippen molar-refractivity contribution in [3.05, 3.63) is 53.1 Å². The Bertz CT molecular complexity index is 707. The van der Waals surface area contributed by atoms with E-state index in [1.807, 2.05) is 0 Å². The molecule has 2 rings (SSSR count). The maximum absolute atomic E-state index is 13.3. The molecule has 134 valence electrons. The van der Waals surface area contributed by atoms with Gasteiger partial charge in [-0.1, -0.05) is 0 Å². The molecule has 1 aliphatic carbocycles. The van der Waals surface area contributed by atoms with Crippen LogP contribution in [0.15, 0.2) is 41.7 Å². The largest absolute Gasteiger partial charge is 0.390 e. The van der Waals surface area contributed by atoms with Gasteiger partial charge in [0.1, 0.15) is 11.9 Å². The van der Waals surface area contributed by atoms with Crippen molar-refractivity contribution in [1.82, 2.24) is 5.32 Å². The summed E-state index contributed by atoms with van der Waals surface area (Å²) in [4.78, 5) is 0. The van der Waals surface area contributed by atoms with Crippen molar-refractivity contribution < 1.29 is 9.50 Å². The number of aliphatic hydroxyl groups is 1. The van der Waals surface area contributed by atoms with E-state index in [1.54, 1.807) is 26.1 Å². The first-order chi connectivity index (χ1) is 11.9. The molecule has 0 heterocycles. The summed E-state index contributed by atoms with van der Waals surface area (Å²) in [7, 11) is 0.